The number of rotatable bonds is 7. The SMILES string of the molecule is COCCc1ccc(OC)c(-c2cc(CN3CCN(C)CC3)on2)c1. The number of benzene rings is 1. The van der Waals surface area contributed by atoms with E-state index in [-0.39, 0.29) is 0 Å². The second-order valence-electron chi connectivity index (χ2n) is 6.54. The number of ether oxygens (including phenoxy) is 2. The van der Waals surface area contributed by atoms with Crippen molar-refractivity contribution in [1.29, 1.82) is 0 Å². The van der Waals surface area contributed by atoms with Crippen molar-refractivity contribution in [3.8, 4) is 17.0 Å². The lowest BCUT2D eigenvalue weighted by molar-refractivity contribution is 0.137. The number of hydrogen-bond donors (Lipinski definition) is 0. The van der Waals surface area contributed by atoms with Crippen molar-refractivity contribution in [2.24, 2.45) is 0 Å². The van der Waals surface area contributed by atoms with Crippen molar-refractivity contribution in [3.63, 3.8) is 0 Å². The highest BCUT2D eigenvalue weighted by Gasteiger charge is 2.17. The van der Waals surface area contributed by atoms with Crippen molar-refractivity contribution in [2.45, 2.75) is 13.0 Å². The van der Waals surface area contributed by atoms with Crippen LogP contribution in [0.3, 0.4) is 0 Å². The third-order valence-corrected chi connectivity index (χ3v) is 4.67. The Morgan fingerprint density at radius 3 is 2.64 bits per heavy atom. The van der Waals surface area contributed by atoms with E-state index < -0.39 is 0 Å². The maximum atomic E-state index is 5.58. The smallest absolute Gasteiger partial charge is 0.151 e. The highest BCUT2D eigenvalue weighted by molar-refractivity contribution is 5.68. The van der Waals surface area contributed by atoms with E-state index in [2.05, 4.69) is 34.1 Å². The van der Waals surface area contributed by atoms with Crippen LogP contribution in [0.5, 0.6) is 5.75 Å². The Bertz CT molecular complexity index is 678. The number of hydrogen-bond acceptors (Lipinski definition) is 6. The molecule has 0 aliphatic carbocycles. The highest BCUT2D eigenvalue weighted by atomic mass is 16.5. The predicted octanol–water partition coefficient (Wildman–Crippen LogP) is 2.29. The molecular formula is C19H27N3O3. The molecule has 1 aliphatic rings. The first-order valence-corrected chi connectivity index (χ1v) is 8.72. The molecule has 0 radical (unpaired) electrons. The van der Waals surface area contributed by atoms with Gasteiger partial charge in [0.1, 0.15) is 11.4 Å². The predicted molar refractivity (Wildman–Crippen MR) is 96.8 cm³/mol. The first-order chi connectivity index (χ1) is 12.2. The Hall–Kier alpha value is -1.89. The molecule has 2 heterocycles. The lowest BCUT2D eigenvalue weighted by Gasteiger charge is -2.31. The molecule has 0 spiro atoms. The van der Waals surface area contributed by atoms with E-state index in [4.69, 9.17) is 14.0 Å². The van der Waals surface area contributed by atoms with E-state index in [1.807, 2.05) is 12.1 Å². The zero-order valence-electron chi connectivity index (χ0n) is 15.3. The lowest BCUT2D eigenvalue weighted by Crippen LogP contribution is -2.43. The molecule has 6 heteroatoms. The van der Waals surface area contributed by atoms with Gasteiger partial charge in [-0.2, -0.15) is 0 Å². The molecule has 0 bridgehead atoms. The fourth-order valence-corrected chi connectivity index (χ4v) is 3.07. The molecule has 2 aromatic rings. The van der Waals surface area contributed by atoms with Crippen LogP contribution in [0.4, 0.5) is 0 Å². The van der Waals surface area contributed by atoms with Crippen molar-refractivity contribution < 1.29 is 14.0 Å². The maximum absolute atomic E-state index is 5.58. The third-order valence-electron chi connectivity index (χ3n) is 4.67. The molecule has 0 unspecified atom stereocenters. The van der Waals surface area contributed by atoms with Crippen molar-refractivity contribution in [3.05, 3.63) is 35.6 Å². The molecular weight excluding hydrogens is 318 g/mol. The van der Waals surface area contributed by atoms with Crippen LogP contribution in [-0.4, -0.2) is 69.0 Å². The first kappa shape index (κ1) is 17.9. The Morgan fingerprint density at radius 2 is 1.92 bits per heavy atom. The molecule has 0 amide bonds. The molecule has 1 saturated heterocycles. The molecule has 1 aromatic carbocycles. The largest absolute Gasteiger partial charge is 0.496 e. The van der Waals surface area contributed by atoms with E-state index in [1.54, 1.807) is 14.2 Å². The molecule has 0 saturated carbocycles. The first-order valence-electron chi connectivity index (χ1n) is 8.72. The number of piperazine rings is 1. The molecule has 1 aliphatic heterocycles. The standard InChI is InChI=1S/C19H27N3O3/c1-21-7-9-22(10-8-21)14-16-13-18(20-25-16)17-12-15(6-11-23-2)4-5-19(17)24-3/h4-5,12-13H,6-11,14H2,1-3H3. The summed E-state index contributed by atoms with van der Waals surface area (Å²) in [6.45, 7) is 5.79. The molecule has 0 N–H and O–H groups in total. The second-order valence-corrected chi connectivity index (χ2v) is 6.54. The number of aromatic nitrogens is 1. The van der Waals surface area contributed by atoms with Gasteiger partial charge in [0.2, 0.25) is 0 Å². The normalized spacial score (nSPS) is 16.3. The molecule has 0 atom stereocenters. The van der Waals surface area contributed by atoms with Gasteiger partial charge in [-0.05, 0) is 31.2 Å². The van der Waals surface area contributed by atoms with Gasteiger partial charge in [0.25, 0.3) is 0 Å². The summed E-state index contributed by atoms with van der Waals surface area (Å²) in [5.74, 6) is 1.70. The molecule has 136 valence electrons. The van der Waals surface area contributed by atoms with Gasteiger partial charge in [0.15, 0.2) is 5.76 Å². The van der Waals surface area contributed by atoms with Crippen LogP contribution in [0.2, 0.25) is 0 Å². The minimum Gasteiger partial charge on any atom is -0.496 e. The van der Waals surface area contributed by atoms with Crippen LogP contribution in [0, 0.1) is 0 Å². The minimum atomic E-state index is 0.694. The Balaban J connectivity index is 1.74. The van der Waals surface area contributed by atoms with Gasteiger partial charge in [-0.1, -0.05) is 11.2 Å². The van der Waals surface area contributed by atoms with E-state index in [0.717, 1.165) is 61.9 Å². The third kappa shape index (κ3) is 4.60. The monoisotopic (exact) mass is 345 g/mol. The highest BCUT2D eigenvalue weighted by Crippen LogP contribution is 2.31. The van der Waals surface area contributed by atoms with Gasteiger partial charge in [-0.25, -0.2) is 0 Å². The lowest BCUT2D eigenvalue weighted by atomic mass is 10.0. The van der Waals surface area contributed by atoms with Gasteiger partial charge >= 0.3 is 0 Å². The van der Waals surface area contributed by atoms with Crippen molar-refractivity contribution in [1.82, 2.24) is 15.0 Å². The van der Waals surface area contributed by atoms with Gasteiger partial charge < -0.3 is 18.9 Å². The summed E-state index contributed by atoms with van der Waals surface area (Å²) in [4.78, 5) is 4.75. The van der Waals surface area contributed by atoms with Gasteiger partial charge in [0.05, 0.1) is 20.3 Å². The van der Waals surface area contributed by atoms with Crippen LogP contribution >= 0.6 is 0 Å². The summed E-state index contributed by atoms with van der Waals surface area (Å²) in [6, 6.07) is 8.17. The van der Waals surface area contributed by atoms with Crippen molar-refractivity contribution in [2.75, 3.05) is 54.1 Å². The Kier molecular flexibility index (Phi) is 6.07. The maximum Gasteiger partial charge on any atom is 0.151 e. The average Bonchev–Trinajstić information content (AvgIpc) is 3.10. The van der Waals surface area contributed by atoms with Crippen LogP contribution < -0.4 is 4.74 Å². The average molecular weight is 345 g/mol. The topological polar surface area (TPSA) is 51.0 Å². The van der Waals surface area contributed by atoms with Crippen LogP contribution in [0.25, 0.3) is 11.3 Å². The van der Waals surface area contributed by atoms with Gasteiger partial charge in [-0.3, -0.25) is 4.90 Å². The van der Waals surface area contributed by atoms with Crippen molar-refractivity contribution >= 4 is 0 Å². The zero-order chi connectivity index (χ0) is 17.6. The van der Waals surface area contributed by atoms with Crippen LogP contribution in [-0.2, 0) is 17.7 Å². The molecule has 1 aromatic heterocycles. The molecule has 6 nitrogen and oxygen atoms in total. The number of methoxy groups -OCH3 is 2. The molecule has 1 fully saturated rings. The summed E-state index contributed by atoms with van der Waals surface area (Å²) in [6.07, 6.45) is 0.861. The van der Waals surface area contributed by atoms with E-state index in [9.17, 15) is 0 Å². The fourth-order valence-electron chi connectivity index (χ4n) is 3.07. The zero-order valence-corrected chi connectivity index (χ0v) is 15.3. The van der Waals surface area contributed by atoms with Gasteiger partial charge in [-0.15, -0.1) is 0 Å². The summed E-state index contributed by atoms with van der Waals surface area (Å²) in [5.41, 5.74) is 2.98. The van der Waals surface area contributed by atoms with E-state index in [0.29, 0.717) is 6.61 Å². The molecule has 3 rings (SSSR count). The van der Waals surface area contributed by atoms with Gasteiger partial charge in [0, 0.05) is 44.9 Å². The quantitative estimate of drug-likeness (QED) is 0.767. The van der Waals surface area contributed by atoms with E-state index in [1.165, 1.54) is 5.56 Å². The summed E-state index contributed by atoms with van der Waals surface area (Å²) >= 11 is 0. The summed E-state index contributed by atoms with van der Waals surface area (Å²) in [5, 5.41) is 4.27. The minimum absolute atomic E-state index is 0.694. The second kappa shape index (κ2) is 8.47. The Morgan fingerprint density at radius 1 is 1.12 bits per heavy atom. The fraction of sp³-hybridized carbons (Fsp3) is 0.526. The Labute approximate surface area is 149 Å². The van der Waals surface area contributed by atoms with E-state index >= 15 is 0 Å². The molecule has 25 heavy (non-hydrogen) atoms. The summed E-state index contributed by atoms with van der Waals surface area (Å²) in [7, 11) is 5.55. The number of likely N-dealkylation sites (N-methyl/N-ethyl adjacent to an activating group) is 1. The van der Waals surface area contributed by atoms with Crippen LogP contribution in [0.15, 0.2) is 28.8 Å². The summed E-state index contributed by atoms with van der Waals surface area (Å²) < 4.78 is 16.3. The van der Waals surface area contributed by atoms with Crippen LogP contribution in [0.1, 0.15) is 11.3 Å². The number of nitrogens with zero attached hydrogens (tertiary/aromatic N) is 3.